The van der Waals surface area contributed by atoms with Gasteiger partial charge in [-0.05, 0) is 35.1 Å². The minimum absolute atomic E-state index is 0.0625. The van der Waals surface area contributed by atoms with Crippen LogP contribution in [0.1, 0.15) is 11.6 Å². The Morgan fingerprint density at radius 3 is 2.57 bits per heavy atom. The molecule has 0 heterocycles. The van der Waals surface area contributed by atoms with Crippen LogP contribution in [-0.2, 0) is 0 Å². The van der Waals surface area contributed by atoms with Crippen molar-refractivity contribution in [1.29, 1.82) is 0 Å². The molecule has 3 nitrogen and oxygen atoms in total. The summed E-state index contributed by atoms with van der Waals surface area (Å²) in [6.45, 7) is -0.0625. The van der Waals surface area contributed by atoms with E-state index in [9.17, 15) is 5.11 Å². The molecular formula is C9H11Br2NO2. The van der Waals surface area contributed by atoms with Gasteiger partial charge in [-0.1, -0.05) is 15.9 Å². The maximum atomic E-state index is 9.74. The highest BCUT2D eigenvalue weighted by molar-refractivity contribution is 9.11. The maximum Gasteiger partial charge on any atom is 0.134 e. The molecule has 14 heavy (non-hydrogen) atoms. The van der Waals surface area contributed by atoms with Crippen molar-refractivity contribution in [3.63, 3.8) is 0 Å². The Morgan fingerprint density at radius 2 is 2.07 bits per heavy atom. The third kappa shape index (κ3) is 2.48. The van der Waals surface area contributed by atoms with Gasteiger partial charge in [0.2, 0.25) is 0 Å². The Bertz CT molecular complexity index is 327. The number of hydrogen-bond donors (Lipinski definition) is 3. The average Bonchev–Trinajstić information content (AvgIpc) is 2.15. The Balaban J connectivity index is 3.18. The lowest BCUT2D eigenvalue weighted by Gasteiger charge is -2.16. The maximum absolute atomic E-state index is 9.74. The monoisotopic (exact) mass is 323 g/mol. The Kier molecular flexibility index (Phi) is 4.37. The van der Waals surface area contributed by atoms with Crippen molar-refractivity contribution in [2.24, 2.45) is 0 Å². The van der Waals surface area contributed by atoms with Crippen molar-refractivity contribution < 1.29 is 10.2 Å². The number of nitrogens with one attached hydrogen (secondary N) is 1. The van der Waals surface area contributed by atoms with Crippen molar-refractivity contribution in [3.8, 4) is 5.75 Å². The molecule has 1 aromatic rings. The van der Waals surface area contributed by atoms with Crippen LogP contribution in [0, 0.1) is 0 Å². The van der Waals surface area contributed by atoms with Gasteiger partial charge in [-0.3, -0.25) is 0 Å². The zero-order chi connectivity index (χ0) is 10.7. The number of aliphatic hydroxyl groups is 1. The first-order chi connectivity index (χ1) is 6.60. The van der Waals surface area contributed by atoms with Gasteiger partial charge < -0.3 is 15.5 Å². The van der Waals surface area contributed by atoms with Crippen molar-refractivity contribution in [2.75, 3.05) is 13.7 Å². The molecule has 0 amide bonds. The fourth-order valence-corrected chi connectivity index (χ4v) is 2.45. The van der Waals surface area contributed by atoms with E-state index in [1.165, 1.54) is 0 Å². The third-order valence-corrected chi connectivity index (χ3v) is 3.03. The zero-order valence-corrected chi connectivity index (χ0v) is 10.8. The summed E-state index contributed by atoms with van der Waals surface area (Å²) in [5.74, 6) is 0.154. The van der Waals surface area contributed by atoms with E-state index < -0.39 is 0 Å². The van der Waals surface area contributed by atoms with Crippen LogP contribution in [-0.4, -0.2) is 23.9 Å². The Hall–Kier alpha value is -0.100. The largest absolute Gasteiger partial charge is 0.506 e. The van der Waals surface area contributed by atoms with E-state index in [-0.39, 0.29) is 18.4 Å². The summed E-state index contributed by atoms with van der Waals surface area (Å²) in [5.41, 5.74) is 0.663. The normalized spacial score (nSPS) is 12.9. The third-order valence-electron chi connectivity index (χ3n) is 1.96. The van der Waals surface area contributed by atoms with Gasteiger partial charge in [-0.15, -0.1) is 0 Å². The summed E-state index contributed by atoms with van der Waals surface area (Å²) in [6, 6.07) is 3.27. The first-order valence-electron chi connectivity index (χ1n) is 4.06. The number of hydrogen-bond acceptors (Lipinski definition) is 3. The molecule has 0 aliphatic rings. The molecule has 0 radical (unpaired) electrons. The molecule has 0 spiro atoms. The summed E-state index contributed by atoms with van der Waals surface area (Å²) in [4.78, 5) is 0. The molecule has 3 N–H and O–H groups in total. The molecule has 1 rings (SSSR count). The number of aliphatic hydroxyl groups excluding tert-OH is 1. The molecule has 1 atom stereocenters. The van der Waals surface area contributed by atoms with Gasteiger partial charge in [0.05, 0.1) is 17.1 Å². The van der Waals surface area contributed by atoms with E-state index in [1.54, 1.807) is 19.2 Å². The first-order valence-corrected chi connectivity index (χ1v) is 5.64. The number of phenolic OH excluding ortho intramolecular Hbond substituents is 1. The van der Waals surface area contributed by atoms with Crippen LogP contribution in [0.3, 0.4) is 0 Å². The molecular weight excluding hydrogens is 314 g/mol. The van der Waals surface area contributed by atoms with Crippen LogP contribution in [0.4, 0.5) is 0 Å². The minimum Gasteiger partial charge on any atom is -0.506 e. The van der Waals surface area contributed by atoms with Crippen molar-refractivity contribution in [2.45, 2.75) is 6.04 Å². The van der Waals surface area contributed by atoms with Crippen molar-refractivity contribution in [1.82, 2.24) is 5.32 Å². The molecule has 0 fully saturated rings. The predicted octanol–water partition coefficient (Wildman–Crippen LogP) is 2.17. The van der Waals surface area contributed by atoms with Gasteiger partial charge in [0.1, 0.15) is 5.75 Å². The number of aromatic hydroxyl groups is 1. The fourth-order valence-electron chi connectivity index (χ4n) is 1.20. The van der Waals surface area contributed by atoms with Gasteiger partial charge in [0.15, 0.2) is 0 Å². The lowest BCUT2D eigenvalue weighted by Crippen LogP contribution is -2.20. The molecule has 78 valence electrons. The van der Waals surface area contributed by atoms with Gasteiger partial charge >= 0.3 is 0 Å². The molecule has 5 heteroatoms. The van der Waals surface area contributed by atoms with Crippen molar-refractivity contribution in [3.05, 3.63) is 26.6 Å². The quantitative estimate of drug-likeness (QED) is 0.798. The van der Waals surface area contributed by atoms with Gasteiger partial charge in [0, 0.05) is 10.0 Å². The van der Waals surface area contributed by atoms with Gasteiger partial charge in [-0.2, -0.15) is 0 Å². The Morgan fingerprint density at radius 1 is 1.43 bits per heavy atom. The van der Waals surface area contributed by atoms with Crippen molar-refractivity contribution >= 4 is 31.9 Å². The van der Waals surface area contributed by atoms with Crippen LogP contribution in [0.25, 0.3) is 0 Å². The summed E-state index contributed by atoms with van der Waals surface area (Å²) < 4.78 is 1.46. The summed E-state index contributed by atoms with van der Waals surface area (Å²) >= 11 is 6.56. The molecule has 0 bridgehead atoms. The van der Waals surface area contributed by atoms with E-state index in [1.807, 2.05) is 0 Å². The minimum atomic E-state index is -0.260. The topological polar surface area (TPSA) is 52.5 Å². The lowest BCUT2D eigenvalue weighted by atomic mass is 10.1. The lowest BCUT2D eigenvalue weighted by molar-refractivity contribution is 0.248. The van der Waals surface area contributed by atoms with E-state index in [0.717, 1.165) is 4.47 Å². The summed E-state index contributed by atoms with van der Waals surface area (Å²) in [5, 5.41) is 21.7. The number of phenols is 1. The first kappa shape index (κ1) is 12.0. The number of likely N-dealkylation sites (N-methyl/N-ethyl adjacent to an activating group) is 1. The second-order valence-corrected chi connectivity index (χ2v) is 4.62. The fraction of sp³-hybridized carbons (Fsp3) is 0.333. The second kappa shape index (κ2) is 5.11. The van der Waals surface area contributed by atoms with Crippen LogP contribution in [0.5, 0.6) is 5.75 Å². The highest BCUT2D eigenvalue weighted by Crippen LogP contribution is 2.34. The standard InChI is InChI=1S/C9H11Br2NO2/c1-12-8(4-13)6-2-5(10)3-7(11)9(6)14/h2-3,8,12-14H,4H2,1H3/t8-/m1/s1. The molecule has 0 aromatic heterocycles. The van der Waals surface area contributed by atoms with Gasteiger partial charge in [0.25, 0.3) is 0 Å². The van der Waals surface area contributed by atoms with E-state index in [2.05, 4.69) is 37.2 Å². The van der Waals surface area contributed by atoms with E-state index in [4.69, 9.17) is 5.11 Å². The second-order valence-electron chi connectivity index (χ2n) is 2.85. The van der Waals surface area contributed by atoms with Crippen LogP contribution in [0.15, 0.2) is 21.1 Å². The van der Waals surface area contributed by atoms with E-state index >= 15 is 0 Å². The highest BCUT2D eigenvalue weighted by Gasteiger charge is 2.15. The molecule has 0 unspecified atom stereocenters. The van der Waals surface area contributed by atoms with Crippen LogP contribution in [0.2, 0.25) is 0 Å². The highest BCUT2D eigenvalue weighted by atomic mass is 79.9. The SMILES string of the molecule is CN[C@H](CO)c1cc(Br)cc(Br)c1O. The number of benzene rings is 1. The van der Waals surface area contributed by atoms with Crippen LogP contribution >= 0.6 is 31.9 Å². The molecule has 1 aromatic carbocycles. The van der Waals surface area contributed by atoms with E-state index in [0.29, 0.717) is 10.0 Å². The molecule has 0 aliphatic carbocycles. The zero-order valence-electron chi connectivity index (χ0n) is 7.59. The average molecular weight is 325 g/mol. The molecule has 0 saturated heterocycles. The number of halogens is 2. The molecule has 0 saturated carbocycles. The molecule has 0 aliphatic heterocycles. The smallest absolute Gasteiger partial charge is 0.134 e. The Labute approximate surface area is 99.4 Å². The summed E-state index contributed by atoms with van der Waals surface area (Å²) in [7, 11) is 1.73. The summed E-state index contributed by atoms with van der Waals surface area (Å²) in [6.07, 6.45) is 0. The van der Waals surface area contributed by atoms with Crippen LogP contribution < -0.4 is 5.32 Å². The predicted molar refractivity (Wildman–Crippen MR) is 62.4 cm³/mol. The van der Waals surface area contributed by atoms with Gasteiger partial charge in [-0.25, -0.2) is 0 Å². The number of rotatable bonds is 3.